The molecule has 12 heteroatoms. The van der Waals surface area contributed by atoms with Gasteiger partial charge in [0.15, 0.2) is 17.5 Å². The van der Waals surface area contributed by atoms with E-state index in [1.807, 2.05) is 0 Å². The Morgan fingerprint density at radius 2 is 2.19 bits per heavy atom. The Labute approximate surface area is 216 Å². The van der Waals surface area contributed by atoms with Crippen LogP contribution in [0.2, 0.25) is 0 Å². The minimum absolute atomic E-state index is 0.0406. The van der Waals surface area contributed by atoms with Crippen molar-refractivity contribution < 1.29 is 19.6 Å². The number of thioether (sulfide) groups is 1. The Morgan fingerprint density at radius 3 is 2.95 bits per heavy atom. The van der Waals surface area contributed by atoms with Crippen LogP contribution in [0.5, 0.6) is 5.75 Å². The SMILES string of the molecule is C=C(NN1C(=Nc2cccnc2)SC[C@]1(O)c1ccc2c(c1)NC(=O)CO2)c1ccc(C)c([N+](=O)[O-])c1. The first kappa shape index (κ1) is 24.3. The molecule has 5 rings (SSSR count). The van der Waals surface area contributed by atoms with Crippen LogP contribution in [0.3, 0.4) is 0 Å². The number of ether oxygens (including phenoxy) is 1. The third kappa shape index (κ3) is 4.71. The molecular formula is C25H22N6O5S. The summed E-state index contributed by atoms with van der Waals surface area (Å²) in [4.78, 5) is 31.6. The second-order valence-corrected chi connectivity index (χ2v) is 9.39. The normalized spacial score (nSPS) is 19.7. The topological polar surface area (TPSA) is 142 Å². The molecule has 3 heterocycles. The summed E-state index contributed by atoms with van der Waals surface area (Å²) >= 11 is 1.30. The zero-order valence-corrected chi connectivity index (χ0v) is 20.5. The predicted molar refractivity (Wildman–Crippen MR) is 140 cm³/mol. The van der Waals surface area contributed by atoms with Crippen molar-refractivity contribution in [1.82, 2.24) is 15.4 Å². The molecule has 1 atom stereocenters. The van der Waals surface area contributed by atoms with E-state index in [1.54, 1.807) is 61.8 Å². The predicted octanol–water partition coefficient (Wildman–Crippen LogP) is 3.69. The molecule has 3 aromatic rings. The van der Waals surface area contributed by atoms with Crippen LogP contribution in [0, 0.1) is 17.0 Å². The number of anilines is 1. The number of aliphatic imine (C=N–C) groups is 1. The molecule has 2 aromatic carbocycles. The number of nitrogens with zero attached hydrogens (tertiary/aromatic N) is 4. The molecule has 37 heavy (non-hydrogen) atoms. The van der Waals surface area contributed by atoms with Crippen LogP contribution < -0.4 is 15.5 Å². The van der Waals surface area contributed by atoms with Gasteiger partial charge in [-0.2, -0.15) is 0 Å². The fraction of sp³-hybridized carbons (Fsp3) is 0.160. The van der Waals surface area contributed by atoms with Crippen LogP contribution in [0.4, 0.5) is 17.1 Å². The molecular weight excluding hydrogens is 496 g/mol. The first-order valence-electron chi connectivity index (χ1n) is 11.2. The number of hydrazine groups is 1. The van der Waals surface area contributed by atoms with Gasteiger partial charge in [0, 0.05) is 29.0 Å². The van der Waals surface area contributed by atoms with Gasteiger partial charge in [0.05, 0.1) is 33.9 Å². The summed E-state index contributed by atoms with van der Waals surface area (Å²) < 4.78 is 5.45. The summed E-state index contributed by atoms with van der Waals surface area (Å²) in [5, 5.41) is 28.1. The fourth-order valence-corrected chi connectivity index (χ4v) is 5.07. The van der Waals surface area contributed by atoms with E-state index in [-0.39, 0.29) is 24.0 Å². The lowest BCUT2D eigenvalue weighted by molar-refractivity contribution is -0.385. The van der Waals surface area contributed by atoms with E-state index in [2.05, 4.69) is 27.3 Å². The van der Waals surface area contributed by atoms with Gasteiger partial charge in [-0.1, -0.05) is 36.5 Å². The molecule has 11 nitrogen and oxygen atoms in total. The number of aryl methyl sites for hydroxylation is 1. The highest BCUT2D eigenvalue weighted by molar-refractivity contribution is 8.14. The lowest BCUT2D eigenvalue weighted by Crippen LogP contribution is -2.51. The van der Waals surface area contributed by atoms with Crippen molar-refractivity contribution in [2.45, 2.75) is 12.6 Å². The van der Waals surface area contributed by atoms with Gasteiger partial charge in [-0.15, -0.1) is 0 Å². The van der Waals surface area contributed by atoms with Crippen molar-refractivity contribution in [3.63, 3.8) is 0 Å². The number of benzene rings is 2. The fourth-order valence-electron chi connectivity index (χ4n) is 3.94. The van der Waals surface area contributed by atoms with E-state index in [0.29, 0.717) is 44.7 Å². The highest BCUT2D eigenvalue weighted by Crippen LogP contribution is 2.42. The molecule has 0 spiro atoms. The summed E-state index contributed by atoms with van der Waals surface area (Å²) in [6.07, 6.45) is 3.22. The molecule has 2 aliphatic heterocycles. The lowest BCUT2D eigenvalue weighted by Gasteiger charge is -2.36. The number of nitro groups is 1. The largest absolute Gasteiger partial charge is 0.482 e. The molecule has 0 saturated carbocycles. The summed E-state index contributed by atoms with van der Waals surface area (Å²) in [6.45, 7) is 5.64. The van der Waals surface area contributed by atoms with Gasteiger partial charge >= 0.3 is 0 Å². The van der Waals surface area contributed by atoms with Crippen LogP contribution in [0.15, 0.2) is 72.5 Å². The average Bonchev–Trinajstić information content (AvgIpc) is 3.20. The zero-order valence-electron chi connectivity index (χ0n) is 19.7. The van der Waals surface area contributed by atoms with Gasteiger partial charge in [0.1, 0.15) is 5.75 Å². The summed E-state index contributed by atoms with van der Waals surface area (Å²) in [5.41, 5.74) is 4.24. The Bertz CT molecular complexity index is 1450. The van der Waals surface area contributed by atoms with Crippen molar-refractivity contribution >= 4 is 45.6 Å². The monoisotopic (exact) mass is 518 g/mol. The van der Waals surface area contributed by atoms with E-state index >= 15 is 0 Å². The molecule has 1 fully saturated rings. The number of carbonyl (C=O) groups excluding carboxylic acids is 1. The average molecular weight is 519 g/mol. The molecule has 1 amide bonds. The van der Waals surface area contributed by atoms with Crippen LogP contribution in [-0.2, 0) is 10.5 Å². The summed E-state index contributed by atoms with van der Waals surface area (Å²) in [6, 6.07) is 13.3. The zero-order chi connectivity index (χ0) is 26.2. The van der Waals surface area contributed by atoms with Gasteiger partial charge in [0.25, 0.3) is 11.6 Å². The van der Waals surface area contributed by atoms with Crippen molar-refractivity contribution in [2.24, 2.45) is 4.99 Å². The van der Waals surface area contributed by atoms with Gasteiger partial charge in [-0.25, -0.2) is 10.0 Å². The third-order valence-corrected chi connectivity index (χ3v) is 6.99. The number of pyridine rings is 1. The minimum Gasteiger partial charge on any atom is -0.482 e. The standard InChI is InChI=1S/C25H22N6O5S/c1-15-5-6-17(10-21(15)31(34)35)16(2)29-30-24(27-19-4-3-9-26-12-19)37-14-25(30,33)18-7-8-22-20(11-18)28-23(32)13-36-22/h3-12,29,33H,2,13-14H2,1H3,(H,28,32)/t25-/m0/s1. The number of fused-ring (bicyclic) bond motifs is 1. The van der Waals surface area contributed by atoms with Crippen LogP contribution in [0.25, 0.3) is 5.70 Å². The highest BCUT2D eigenvalue weighted by Gasteiger charge is 2.46. The molecule has 1 saturated heterocycles. The maximum atomic E-state index is 12.0. The van der Waals surface area contributed by atoms with Crippen molar-refractivity contribution in [3.05, 3.63) is 94.3 Å². The Hall–Kier alpha value is -4.42. The summed E-state index contributed by atoms with van der Waals surface area (Å²) in [7, 11) is 0. The maximum absolute atomic E-state index is 12.0. The number of aromatic nitrogens is 1. The smallest absolute Gasteiger partial charge is 0.272 e. The number of hydrogen-bond donors (Lipinski definition) is 3. The molecule has 0 unspecified atom stereocenters. The van der Waals surface area contributed by atoms with Crippen LogP contribution in [-0.4, -0.2) is 43.5 Å². The third-order valence-electron chi connectivity index (χ3n) is 5.91. The number of rotatable bonds is 6. The molecule has 2 aliphatic rings. The lowest BCUT2D eigenvalue weighted by atomic mass is 10.0. The van der Waals surface area contributed by atoms with E-state index in [0.717, 1.165) is 0 Å². The van der Waals surface area contributed by atoms with Gasteiger partial charge < -0.3 is 15.2 Å². The first-order valence-corrected chi connectivity index (χ1v) is 12.2. The Kier molecular flexibility index (Phi) is 6.27. The van der Waals surface area contributed by atoms with Crippen molar-refractivity contribution in [2.75, 3.05) is 17.7 Å². The molecule has 0 aliphatic carbocycles. The highest BCUT2D eigenvalue weighted by atomic mass is 32.2. The molecule has 1 aromatic heterocycles. The second kappa shape index (κ2) is 9.56. The molecule has 0 bridgehead atoms. The first-order chi connectivity index (χ1) is 17.7. The number of hydrogen-bond acceptors (Lipinski definition) is 9. The second-order valence-electron chi connectivity index (χ2n) is 8.44. The number of nitrogens with one attached hydrogen (secondary N) is 2. The number of amidine groups is 1. The molecule has 0 radical (unpaired) electrons. The number of aliphatic hydroxyl groups is 1. The molecule has 188 valence electrons. The van der Waals surface area contributed by atoms with E-state index < -0.39 is 10.6 Å². The summed E-state index contributed by atoms with van der Waals surface area (Å²) in [5.74, 6) is 0.395. The van der Waals surface area contributed by atoms with Crippen LogP contribution in [0.1, 0.15) is 16.7 Å². The number of amides is 1. The number of nitro benzene ring substituents is 1. The van der Waals surface area contributed by atoms with Gasteiger partial charge in [-0.05, 0) is 31.2 Å². The van der Waals surface area contributed by atoms with Crippen molar-refractivity contribution in [3.8, 4) is 5.75 Å². The van der Waals surface area contributed by atoms with Crippen LogP contribution >= 0.6 is 11.8 Å². The van der Waals surface area contributed by atoms with E-state index in [1.165, 1.54) is 22.8 Å². The van der Waals surface area contributed by atoms with Gasteiger partial charge in [0.2, 0.25) is 0 Å². The molecule has 3 N–H and O–H groups in total. The van der Waals surface area contributed by atoms with E-state index in [9.17, 15) is 20.0 Å². The Morgan fingerprint density at radius 1 is 1.35 bits per heavy atom. The maximum Gasteiger partial charge on any atom is 0.272 e. The number of carbonyl (C=O) groups is 1. The Balaban J connectivity index is 1.54. The van der Waals surface area contributed by atoms with E-state index in [4.69, 9.17) is 4.74 Å². The van der Waals surface area contributed by atoms with Crippen molar-refractivity contribution in [1.29, 1.82) is 0 Å². The van der Waals surface area contributed by atoms with Gasteiger partial charge in [-0.3, -0.25) is 25.3 Å². The minimum atomic E-state index is -1.62. The quantitative estimate of drug-likeness (QED) is 0.329.